The molecule has 5 nitrogen and oxygen atoms in total. The number of likely N-dealkylation sites (N-methyl/N-ethyl adjacent to an activating group) is 1. The van der Waals surface area contributed by atoms with Gasteiger partial charge in [-0.05, 0) is 31.5 Å². The van der Waals surface area contributed by atoms with Crippen molar-refractivity contribution in [1.29, 1.82) is 0 Å². The fourth-order valence-corrected chi connectivity index (χ4v) is 2.88. The summed E-state index contributed by atoms with van der Waals surface area (Å²) in [5, 5.41) is 3.14. The largest absolute Gasteiger partial charge is 0.370 e. The molecule has 1 heterocycles. The van der Waals surface area contributed by atoms with Gasteiger partial charge in [0, 0.05) is 38.8 Å². The number of hydrogen-bond acceptors (Lipinski definition) is 3. The monoisotopic (exact) mass is 317 g/mol. The molecule has 0 unspecified atom stereocenters. The maximum absolute atomic E-state index is 5.91. The van der Waals surface area contributed by atoms with Crippen LogP contribution in [0.4, 0.5) is 0 Å². The maximum Gasteiger partial charge on any atom is 0.189 e. The SMILES string of the molecule is CCN1CCN(Cc2ccccc2CN=C(N)NC(C)C)CC1. The second kappa shape index (κ2) is 8.89. The van der Waals surface area contributed by atoms with Crippen molar-refractivity contribution in [3.8, 4) is 0 Å². The average Bonchev–Trinajstić information content (AvgIpc) is 2.54. The van der Waals surface area contributed by atoms with Crippen LogP contribution < -0.4 is 11.1 Å². The molecule has 1 aromatic carbocycles. The van der Waals surface area contributed by atoms with E-state index in [1.54, 1.807) is 0 Å². The predicted molar refractivity (Wildman–Crippen MR) is 97.4 cm³/mol. The van der Waals surface area contributed by atoms with Gasteiger partial charge in [0.05, 0.1) is 6.54 Å². The molecule has 0 atom stereocenters. The van der Waals surface area contributed by atoms with E-state index in [2.05, 4.69) is 65.1 Å². The third-order valence-corrected chi connectivity index (χ3v) is 4.28. The summed E-state index contributed by atoms with van der Waals surface area (Å²) in [4.78, 5) is 9.51. The van der Waals surface area contributed by atoms with Crippen molar-refractivity contribution >= 4 is 5.96 Å². The Morgan fingerprint density at radius 3 is 2.35 bits per heavy atom. The van der Waals surface area contributed by atoms with Crippen LogP contribution in [-0.2, 0) is 13.1 Å². The lowest BCUT2D eigenvalue weighted by molar-refractivity contribution is 0.131. The van der Waals surface area contributed by atoms with Crippen LogP contribution in [0.3, 0.4) is 0 Å². The van der Waals surface area contributed by atoms with Gasteiger partial charge in [-0.2, -0.15) is 0 Å². The normalized spacial score (nSPS) is 17.7. The highest BCUT2D eigenvalue weighted by Crippen LogP contribution is 2.14. The van der Waals surface area contributed by atoms with Gasteiger partial charge in [0.1, 0.15) is 0 Å². The van der Waals surface area contributed by atoms with Crippen LogP contribution in [-0.4, -0.2) is 54.5 Å². The van der Waals surface area contributed by atoms with E-state index in [1.807, 2.05) is 0 Å². The van der Waals surface area contributed by atoms with Crippen LogP contribution >= 0.6 is 0 Å². The molecule has 128 valence electrons. The number of hydrogen-bond donors (Lipinski definition) is 2. The zero-order chi connectivity index (χ0) is 16.7. The van der Waals surface area contributed by atoms with E-state index < -0.39 is 0 Å². The van der Waals surface area contributed by atoms with Gasteiger partial charge in [-0.15, -0.1) is 0 Å². The first-order valence-electron chi connectivity index (χ1n) is 8.66. The van der Waals surface area contributed by atoms with Crippen molar-refractivity contribution in [2.45, 2.75) is 39.9 Å². The van der Waals surface area contributed by atoms with Gasteiger partial charge >= 0.3 is 0 Å². The molecule has 0 spiro atoms. The van der Waals surface area contributed by atoms with Crippen molar-refractivity contribution in [1.82, 2.24) is 15.1 Å². The third kappa shape index (κ3) is 5.84. The van der Waals surface area contributed by atoms with Gasteiger partial charge in [-0.3, -0.25) is 4.90 Å². The van der Waals surface area contributed by atoms with E-state index in [0.717, 1.165) is 26.2 Å². The van der Waals surface area contributed by atoms with E-state index in [0.29, 0.717) is 18.5 Å². The van der Waals surface area contributed by atoms with Crippen molar-refractivity contribution < 1.29 is 0 Å². The number of guanidine groups is 1. The number of aliphatic imine (C=N–C) groups is 1. The number of benzene rings is 1. The zero-order valence-corrected chi connectivity index (χ0v) is 14.8. The van der Waals surface area contributed by atoms with E-state index in [-0.39, 0.29) is 0 Å². The number of nitrogens with one attached hydrogen (secondary N) is 1. The lowest BCUT2D eigenvalue weighted by Crippen LogP contribution is -2.45. The van der Waals surface area contributed by atoms with Crippen molar-refractivity contribution in [2.75, 3.05) is 32.7 Å². The second-order valence-electron chi connectivity index (χ2n) is 6.48. The standard InChI is InChI=1S/C18H31N5/c1-4-22-9-11-23(12-10-22)14-17-8-6-5-7-16(17)13-20-18(19)21-15(2)3/h5-8,15H,4,9-14H2,1-3H3,(H3,19,20,21). The van der Waals surface area contributed by atoms with Gasteiger partial charge in [-0.1, -0.05) is 31.2 Å². The minimum Gasteiger partial charge on any atom is -0.370 e. The molecule has 0 bridgehead atoms. The Bertz CT molecular complexity index is 504. The molecule has 5 heteroatoms. The highest BCUT2D eigenvalue weighted by atomic mass is 15.3. The highest BCUT2D eigenvalue weighted by molar-refractivity contribution is 5.78. The summed E-state index contributed by atoms with van der Waals surface area (Å²) >= 11 is 0. The van der Waals surface area contributed by atoms with Gasteiger partial charge in [0.25, 0.3) is 0 Å². The van der Waals surface area contributed by atoms with Crippen molar-refractivity contribution in [2.24, 2.45) is 10.7 Å². The van der Waals surface area contributed by atoms with Gasteiger partial charge in [0.15, 0.2) is 5.96 Å². The van der Waals surface area contributed by atoms with Crippen LogP contribution in [0.2, 0.25) is 0 Å². The van der Waals surface area contributed by atoms with Crippen LogP contribution in [0.15, 0.2) is 29.3 Å². The van der Waals surface area contributed by atoms with Crippen molar-refractivity contribution in [3.05, 3.63) is 35.4 Å². The average molecular weight is 317 g/mol. The Morgan fingerprint density at radius 2 is 1.74 bits per heavy atom. The summed E-state index contributed by atoms with van der Waals surface area (Å²) < 4.78 is 0. The Kier molecular flexibility index (Phi) is 6.86. The van der Waals surface area contributed by atoms with Gasteiger partial charge in [0.2, 0.25) is 0 Å². The molecule has 0 aromatic heterocycles. The highest BCUT2D eigenvalue weighted by Gasteiger charge is 2.16. The topological polar surface area (TPSA) is 56.9 Å². The number of nitrogens with zero attached hydrogens (tertiary/aromatic N) is 3. The zero-order valence-electron chi connectivity index (χ0n) is 14.8. The summed E-state index contributed by atoms with van der Waals surface area (Å²) in [6.45, 7) is 13.8. The summed E-state index contributed by atoms with van der Waals surface area (Å²) in [5.74, 6) is 0.520. The lowest BCUT2D eigenvalue weighted by atomic mass is 10.1. The molecule has 1 fully saturated rings. The number of nitrogens with two attached hydrogens (primary N) is 1. The van der Waals surface area contributed by atoms with Crippen molar-refractivity contribution in [3.63, 3.8) is 0 Å². The first-order valence-corrected chi connectivity index (χ1v) is 8.66. The Balaban J connectivity index is 1.95. The maximum atomic E-state index is 5.91. The fraction of sp³-hybridized carbons (Fsp3) is 0.611. The molecule has 2 rings (SSSR count). The Morgan fingerprint density at radius 1 is 1.13 bits per heavy atom. The molecule has 1 aromatic rings. The fourth-order valence-electron chi connectivity index (χ4n) is 2.88. The van der Waals surface area contributed by atoms with Gasteiger partial charge in [-0.25, -0.2) is 4.99 Å². The van der Waals surface area contributed by atoms with Crippen LogP contribution in [0.1, 0.15) is 31.9 Å². The Hall–Kier alpha value is -1.59. The Labute approximate surface area is 140 Å². The lowest BCUT2D eigenvalue weighted by Gasteiger charge is -2.34. The number of rotatable bonds is 6. The minimum absolute atomic E-state index is 0.309. The molecule has 3 N–H and O–H groups in total. The molecule has 0 amide bonds. The molecule has 0 saturated carbocycles. The molecule has 1 saturated heterocycles. The third-order valence-electron chi connectivity index (χ3n) is 4.28. The van der Waals surface area contributed by atoms with Crippen LogP contribution in [0.25, 0.3) is 0 Å². The molecule has 0 radical (unpaired) electrons. The van der Waals surface area contributed by atoms with Crippen LogP contribution in [0, 0.1) is 0 Å². The quantitative estimate of drug-likeness (QED) is 0.618. The predicted octanol–water partition coefficient (Wildman–Crippen LogP) is 1.64. The first kappa shape index (κ1) is 17.8. The summed E-state index contributed by atoms with van der Waals surface area (Å²) in [7, 11) is 0. The molecule has 1 aliphatic rings. The molecular formula is C18H31N5. The first-order chi connectivity index (χ1) is 11.1. The molecule has 23 heavy (non-hydrogen) atoms. The summed E-state index contributed by atoms with van der Waals surface area (Å²) in [5.41, 5.74) is 8.53. The molecule has 1 aliphatic heterocycles. The van der Waals surface area contributed by atoms with E-state index in [9.17, 15) is 0 Å². The minimum atomic E-state index is 0.309. The summed E-state index contributed by atoms with van der Waals surface area (Å²) in [6.07, 6.45) is 0. The molecule has 0 aliphatic carbocycles. The van der Waals surface area contributed by atoms with Gasteiger partial charge < -0.3 is 16.0 Å². The molecular weight excluding hydrogens is 286 g/mol. The smallest absolute Gasteiger partial charge is 0.189 e. The second-order valence-corrected chi connectivity index (χ2v) is 6.48. The van der Waals surface area contributed by atoms with E-state index in [1.165, 1.54) is 24.2 Å². The van der Waals surface area contributed by atoms with Crippen LogP contribution in [0.5, 0.6) is 0 Å². The van der Waals surface area contributed by atoms with E-state index >= 15 is 0 Å². The van der Waals surface area contributed by atoms with E-state index in [4.69, 9.17) is 5.73 Å². The summed E-state index contributed by atoms with van der Waals surface area (Å²) in [6, 6.07) is 8.87. The number of piperazine rings is 1.